The number of aryl methyl sites for hydroxylation is 2. The molecule has 0 aliphatic carbocycles. The maximum Gasteiger partial charge on any atom is 0.222 e. The molecule has 1 fully saturated rings. The summed E-state index contributed by atoms with van der Waals surface area (Å²) in [4.78, 5) is 15.7. The molecule has 0 spiro atoms. The lowest BCUT2D eigenvalue weighted by Crippen LogP contribution is -2.39. The summed E-state index contributed by atoms with van der Waals surface area (Å²) in [6, 6.07) is 6.25. The Labute approximate surface area is 129 Å². The van der Waals surface area contributed by atoms with Gasteiger partial charge in [0.15, 0.2) is 0 Å². The lowest BCUT2D eigenvalue weighted by atomic mass is 9.94. The van der Waals surface area contributed by atoms with Gasteiger partial charge in [-0.2, -0.15) is 5.10 Å². The second-order valence-electron chi connectivity index (χ2n) is 5.73. The first-order valence-electron chi connectivity index (χ1n) is 7.54. The zero-order valence-corrected chi connectivity index (χ0v) is 13.2. The van der Waals surface area contributed by atoms with E-state index in [-0.39, 0.29) is 5.91 Å². The van der Waals surface area contributed by atoms with Crippen molar-refractivity contribution in [1.29, 1.82) is 0 Å². The monoisotopic (exact) mass is 303 g/mol. The minimum absolute atomic E-state index is 0.278. The summed E-state index contributed by atoms with van der Waals surface area (Å²) < 4.78 is 0. The van der Waals surface area contributed by atoms with Gasteiger partial charge in [0.1, 0.15) is 0 Å². The third-order valence-corrected chi connectivity index (χ3v) is 5.02. The first-order chi connectivity index (χ1) is 10.2. The second kappa shape index (κ2) is 6.43. The van der Waals surface area contributed by atoms with Crippen LogP contribution in [0.3, 0.4) is 0 Å². The van der Waals surface area contributed by atoms with Crippen molar-refractivity contribution < 1.29 is 4.79 Å². The van der Waals surface area contributed by atoms with Crippen molar-refractivity contribution in [3.8, 4) is 0 Å². The van der Waals surface area contributed by atoms with Crippen LogP contribution in [0.4, 0.5) is 0 Å². The van der Waals surface area contributed by atoms with Crippen molar-refractivity contribution in [2.45, 2.75) is 38.5 Å². The minimum Gasteiger partial charge on any atom is -0.342 e. The van der Waals surface area contributed by atoms with E-state index in [2.05, 4.69) is 27.7 Å². The van der Waals surface area contributed by atoms with Crippen LogP contribution in [0, 0.1) is 6.92 Å². The Kier molecular flexibility index (Phi) is 4.39. The van der Waals surface area contributed by atoms with E-state index in [4.69, 9.17) is 0 Å². The molecule has 1 aliphatic heterocycles. The van der Waals surface area contributed by atoms with Gasteiger partial charge in [0, 0.05) is 36.0 Å². The Hall–Kier alpha value is -1.62. The molecule has 21 heavy (non-hydrogen) atoms. The number of likely N-dealkylation sites (tertiary alicyclic amines) is 1. The van der Waals surface area contributed by atoms with Gasteiger partial charge in [-0.05, 0) is 43.7 Å². The average Bonchev–Trinajstić information content (AvgIpc) is 3.16. The van der Waals surface area contributed by atoms with Crippen molar-refractivity contribution >= 4 is 17.2 Å². The highest BCUT2D eigenvalue weighted by Gasteiger charge is 2.25. The molecule has 0 saturated carbocycles. The van der Waals surface area contributed by atoms with Crippen molar-refractivity contribution in [3.05, 3.63) is 39.8 Å². The average molecular weight is 303 g/mol. The van der Waals surface area contributed by atoms with E-state index in [1.165, 1.54) is 4.88 Å². The molecule has 5 heteroatoms. The van der Waals surface area contributed by atoms with E-state index < -0.39 is 0 Å². The van der Waals surface area contributed by atoms with Crippen molar-refractivity contribution in [3.63, 3.8) is 0 Å². The topological polar surface area (TPSA) is 49.0 Å². The molecule has 1 aliphatic rings. The summed E-state index contributed by atoms with van der Waals surface area (Å²) in [5.41, 5.74) is 2.19. The minimum atomic E-state index is 0.278. The highest BCUT2D eigenvalue weighted by atomic mass is 32.1. The zero-order chi connectivity index (χ0) is 14.7. The number of amides is 1. The zero-order valence-electron chi connectivity index (χ0n) is 12.3. The number of H-pyrrole nitrogens is 1. The molecule has 1 N–H and O–H groups in total. The van der Waals surface area contributed by atoms with Crippen molar-refractivity contribution in [1.82, 2.24) is 15.1 Å². The standard InChI is InChI=1S/C16H21N3OS/c1-12-10-15(18-17-12)13-4-2-8-19(11-13)16(20)7-6-14-5-3-9-21-14/h3,5,9-10,13H,2,4,6-8,11H2,1H3,(H,17,18)/t13-/m1/s1. The number of piperidine rings is 1. The SMILES string of the molecule is Cc1cc([C@@H]2CCCN(C(=O)CCc3cccs3)C2)n[nH]1. The number of carbonyl (C=O) groups excluding carboxylic acids is 1. The van der Waals surface area contributed by atoms with Gasteiger partial charge in [0.2, 0.25) is 5.91 Å². The molecule has 1 atom stereocenters. The van der Waals surface area contributed by atoms with E-state index >= 15 is 0 Å². The number of nitrogens with one attached hydrogen (secondary N) is 1. The third-order valence-electron chi connectivity index (χ3n) is 4.08. The van der Waals surface area contributed by atoms with Gasteiger partial charge < -0.3 is 4.90 Å². The lowest BCUT2D eigenvalue weighted by molar-refractivity contribution is -0.132. The highest BCUT2D eigenvalue weighted by molar-refractivity contribution is 7.09. The van der Waals surface area contributed by atoms with Crippen LogP contribution in [0.25, 0.3) is 0 Å². The molecule has 3 rings (SSSR count). The van der Waals surface area contributed by atoms with Gasteiger partial charge in [-0.25, -0.2) is 0 Å². The van der Waals surface area contributed by atoms with Crippen molar-refractivity contribution in [2.24, 2.45) is 0 Å². The Bertz CT molecular complexity index is 590. The summed E-state index contributed by atoms with van der Waals surface area (Å²) in [6.45, 7) is 3.72. The normalized spacial score (nSPS) is 18.9. The fraction of sp³-hybridized carbons (Fsp3) is 0.500. The molecule has 1 amide bonds. The molecule has 0 unspecified atom stereocenters. The molecule has 112 valence electrons. The van der Waals surface area contributed by atoms with Crippen LogP contribution in [0.2, 0.25) is 0 Å². The Morgan fingerprint density at radius 3 is 3.19 bits per heavy atom. The Balaban J connectivity index is 1.56. The van der Waals surface area contributed by atoms with E-state index in [0.29, 0.717) is 12.3 Å². The maximum atomic E-state index is 12.4. The van der Waals surface area contributed by atoms with E-state index in [9.17, 15) is 4.79 Å². The predicted molar refractivity (Wildman–Crippen MR) is 84.5 cm³/mol. The number of aromatic amines is 1. The summed E-state index contributed by atoms with van der Waals surface area (Å²) in [5, 5.41) is 9.43. The first-order valence-corrected chi connectivity index (χ1v) is 8.42. The smallest absolute Gasteiger partial charge is 0.222 e. The summed E-state index contributed by atoms with van der Waals surface area (Å²) in [7, 11) is 0. The second-order valence-corrected chi connectivity index (χ2v) is 6.77. The molecule has 2 aromatic heterocycles. The van der Waals surface area contributed by atoms with Gasteiger partial charge in [0.05, 0.1) is 5.69 Å². The predicted octanol–water partition coefficient (Wildman–Crippen LogP) is 3.12. The first kappa shape index (κ1) is 14.3. The van der Waals surface area contributed by atoms with Crippen LogP contribution in [-0.4, -0.2) is 34.1 Å². The van der Waals surface area contributed by atoms with E-state index in [1.54, 1.807) is 11.3 Å². The summed E-state index contributed by atoms with van der Waals surface area (Å²) in [5.74, 6) is 0.662. The third kappa shape index (κ3) is 3.53. The van der Waals surface area contributed by atoms with Gasteiger partial charge in [0.25, 0.3) is 0 Å². The maximum absolute atomic E-state index is 12.4. The van der Waals surface area contributed by atoms with E-state index in [0.717, 1.165) is 43.7 Å². The lowest BCUT2D eigenvalue weighted by Gasteiger charge is -2.32. The molecule has 4 nitrogen and oxygen atoms in total. The van der Waals surface area contributed by atoms with Crippen LogP contribution < -0.4 is 0 Å². The van der Waals surface area contributed by atoms with Gasteiger partial charge in [-0.15, -0.1) is 11.3 Å². The quantitative estimate of drug-likeness (QED) is 0.943. The Morgan fingerprint density at radius 1 is 1.57 bits per heavy atom. The molecule has 0 aromatic carbocycles. The number of nitrogens with zero attached hydrogens (tertiary/aromatic N) is 2. The number of thiophene rings is 1. The molecule has 0 bridgehead atoms. The summed E-state index contributed by atoms with van der Waals surface area (Å²) in [6.07, 6.45) is 3.67. The van der Waals surface area contributed by atoms with Gasteiger partial charge >= 0.3 is 0 Å². The number of aromatic nitrogens is 2. The number of carbonyl (C=O) groups is 1. The molecular weight excluding hydrogens is 282 g/mol. The fourth-order valence-electron chi connectivity index (χ4n) is 2.94. The van der Waals surface area contributed by atoms with Crippen LogP contribution >= 0.6 is 11.3 Å². The molecule has 0 radical (unpaired) electrons. The van der Waals surface area contributed by atoms with Gasteiger partial charge in [-0.1, -0.05) is 6.07 Å². The number of hydrogen-bond acceptors (Lipinski definition) is 3. The van der Waals surface area contributed by atoms with Crippen LogP contribution in [0.15, 0.2) is 23.6 Å². The molecule has 2 aromatic rings. The van der Waals surface area contributed by atoms with Gasteiger partial charge in [-0.3, -0.25) is 9.89 Å². The van der Waals surface area contributed by atoms with Crippen LogP contribution in [-0.2, 0) is 11.2 Å². The molecule has 3 heterocycles. The highest BCUT2D eigenvalue weighted by Crippen LogP contribution is 2.26. The largest absolute Gasteiger partial charge is 0.342 e. The van der Waals surface area contributed by atoms with Crippen molar-refractivity contribution in [2.75, 3.05) is 13.1 Å². The van der Waals surface area contributed by atoms with E-state index in [1.807, 2.05) is 17.9 Å². The summed E-state index contributed by atoms with van der Waals surface area (Å²) >= 11 is 1.73. The molecular formula is C16H21N3OS. The van der Waals surface area contributed by atoms with Crippen LogP contribution in [0.5, 0.6) is 0 Å². The number of hydrogen-bond donors (Lipinski definition) is 1. The fourth-order valence-corrected chi connectivity index (χ4v) is 3.65. The number of rotatable bonds is 4. The Morgan fingerprint density at radius 2 is 2.48 bits per heavy atom. The molecule has 1 saturated heterocycles. The van der Waals surface area contributed by atoms with Crippen LogP contribution in [0.1, 0.15) is 41.4 Å².